The van der Waals surface area contributed by atoms with Crippen LogP contribution in [-0.4, -0.2) is 44.5 Å². The molecule has 0 radical (unpaired) electrons. The fourth-order valence-corrected chi connectivity index (χ4v) is 3.17. The topological polar surface area (TPSA) is 60.0 Å². The van der Waals surface area contributed by atoms with Crippen LogP contribution in [0.25, 0.3) is 0 Å². The standard InChI is InChI=1S/C19H28N2O4/c1-19(2,3)25-18(22)20-13-14-6-8-21(9-7-14)15-4-5-16-17(12-15)24-11-10-23-16/h4-5,12,14H,6-11,13H2,1-3H3,(H,20,22). The molecule has 0 spiro atoms. The lowest BCUT2D eigenvalue weighted by molar-refractivity contribution is 0.0517. The van der Waals surface area contributed by atoms with Crippen molar-refractivity contribution < 1.29 is 19.0 Å². The predicted molar refractivity (Wildman–Crippen MR) is 96.6 cm³/mol. The van der Waals surface area contributed by atoms with Gasteiger partial charge in [-0.1, -0.05) is 0 Å². The highest BCUT2D eigenvalue weighted by atomic mass is 16.6. The van der Waals surface area contributed by atoms with Crippen molar-refractivity contribution in [1.29, 1.82) is 0 Å². The summed E-state index contributed by atoms with van der Waals surface area (Å²) in [4.78, 5) is 14.1. The molecule has 0 aliphatic carbocycles. The molecule has 1 aromatic carbocycles. The number of carbonyl (C=O) groups excluding carboxylic acids is 1. The van der Waals surface area contributed by atoms with E-state index < -0.39 is 5.60 Å². The van der Waals surface area contributed by atoms with E-state index in [1.807, 2.05) is 26.8 Å². The first kappa shape index (κ1) is 17.7. The second-order valence-corrected chi connectivity index (χ2v) is 7.64. The highest BCUT2D eigenvalue weighted by Gasteiger charge is 2.23. The van der Waals surface area contributed by atoms with Crippen molar-refractivity contribution >= 4 is 11.8 Å². The molecule has 1 fully saturated rings. The number of nitrogens with zero attached hydrogens (tertiary/aromatic N) is 1. The van der Waals surface area contributed by atoms with Crippen molar-refractivity contribution in [3.63, 3.8) is 0 Å². The Morgan fingerprint density at radius 1 is 1.20 bits per heavy atom. The number of hydrogen-bond acceptors (Lipinski definition) is 5. The number of piperidine rings is 1. The van der Waals surface area contributed by atoms with Gasteiger partial charge in [0, 0.05) is 31.4 Å². The monoisotopic (exact) mass is 348 g/mol. The first-order valence-electron chi connectivity index (χ1n) is 9.02. The third-order valence-corrected chi connectivity index (χ3v) is 4.44. The van der Waals surface area contributed by atoms with Crippen LogP contribution < -0.4 is 19.7 Å². The lowest BCUT2D eigenvalue weighted by Gasteiger charge is -2.34. The molecule has 1 N–H and O–H groups in total. The number of ether oxygens (including phenoxy) is 3. The minimum Gasteiger partial charge on any atom is -0.486 e. The zero-order valence-electron chi connectivity index (χ0n) is 15.3. The molecule has 6 heteroatoms. The summed E-state index contributed by atoms with van der Waals surface area (Å²) in [5.74, 6) is 2.14. The van der Waals surface area contributed by atoms with Gasteiger partial charge in [0.1, 0.15) is 18.8 Å². The van der Waals surface area contributed by atoms with Crippen LogP contribution in [0.1, 0.15) is 33.6 Å². The largest absolute Gasteiger partial charge is 0.486 e. The summed E-state index contributed by atoms with van der Waals surface area (Å²) in [6, 6.07) is 6.14. The van der Waals surface area contributed by atoms with E-state index in [1.165, 1.54) is 5.69 Å². The van der Waals surface area contributed by atoms with E-state index in [0.717, 1.165) is 37.4 Å². The van der Waals surface area contributed by atoms with Gasteiger partial charge in [0.25, 0.3) is 0 Å². The molecule has 2 aliphatic heterocycles. The van der Waals surface area contributed by atoms with Crippen molar-refractivity contribution in [3.05, 3.63) is 18.2 Å². The summed E-state index contributed by atoms with van der Waals surface area (Å²) in [7, 11) is 0. The van der Waals surface area contributed by atoms with Gasteiger partial charge in [-0.2, -0.15) is 0 Å². The van der Waals surface area contributed by atoms with Crippen molar-refractivity contribution in [2.45, 2.75) is 39.2 Å². The van der Waals surface area contributed by atoms with E-state index in [0.29, 0.717) is 25.7 Å². The van der Waals surface area contributed by atoms with Crippen LogP contribution in [0.3, 0.4) is 0 Å². The van der Waals surface area contributed by atoms with E-state index in [1.54, 1.807) is 0 Å². The molecule has 0 atom stereocenters. The Bertz CT molecular complexity index is 604. The summed E-state index contributed by atoms with van der Waals surface area (Å²) in [5, 5.41) is 2.89. The van der Waals surface area contributed by atoms with Crippen LogP contribution in [0.4, 0.5) is 10.5 Å². The molecule has 2 heterocycles. The van der Waals surface area contributed by atoms with Crippen LogP contribution in [0.5, 0.6) is 11.5 Å². The van der Waals surface area contributed by atoms with Crippen LogP contribution >= 0.6 is 0 Å². The zero-order valence-corrected chi connectivity index (χ0v) is 15.3. The van der Waals surface area contributed by atoms with Crippen LogP contribution in [0.15, 0.2) is 18.2 Å². The second-order valence-electron chi connectivity index (χ2n) is 7.64. The Kier molecular flexibility index (Phi) is 5.25. The van der Waals surface area contributed by atoms with Gasteiger partial charge in [0.15, 0.2) is 11.5 Å². The Labute approximate surface area is 149 Å². The molecule has 1 aromatic rings. The van der Waals surface area contributed by atoms with E-state index in [9.17, 15) is 4.79 Å². The summed E-state index contributed by atoms with van der Waals surface area (Å²) < 4.78 is 16.5. The molecule has 0 unspecified atom stereocenters. The second kappa shape index (κ2) is 7.42. The van der Waals surface area contributed by atoms with Gasteiger partial charge in [-0.05, 0) is 51.7 Å². The quantitative estimate of drug-likeness (QED) is 0.909. The highest BCUT2D eigenvalue weighted by Crippen LogP contribution is 2.35. The van der Waals surface area contributed by atoms with Crippen LogP contribution in [0, 0.1) is 5.92 Å². The minimum absolute atomic E-state index is 0.332. The summed E-state index contributed by atoms with van der Waals surface area (Å²) in [6.07, 6.45) is 1.76. The molecule has 0 saturated carbocycles. The third-order valence-electron chi connectivity index (χ3n) is 4.44. The number of carbonyl (C=O) groups is 1. The van der Waals surface area contributed by atoms with Crippen molar-refractivity contribution in [1.82, 2.24) is 5.32 Å². The molecular formula is C19H28N2O4. The van der Waals surface area contributed by atoms with Gasteiger partial charge in [-0.25, -0.2) is 4.79 Å². The number of fused-ring (bicyclic) bond motifs is 1. The van der Waals surface area contributed by atoms with E-state index in [4.69, 9.17) is 14.2 Å². The van der Waals surface area contributed by atoms with Crippen molar-refractivity contribution in [2.75, 3.05) is 37.7 Å². The number of benzene rings is 1. The first-order chi connectivity index (χ1) is 11.9. The zero-order chi connectivity index (χ0) is 17.9. The van der Waals surface area contributed by atoms with Gasteiger partial charge in [-0.15, -0.1) is 0 Å². The molecule has 25 heavy (non-hydrogen) atoms. The summed E-state index contributed by atoms with van der Waals surface area (Å²) in [5.41, 5.74) is 0.717. The number of anilines is 1. The molecule has 138 valence electrons. The van der Waals surface area contributed by atoms with E-state index in [-0.39, 0.29) is 6.09 Å². The number of alkyl carbamates (subject to hydrolysis) is 1. The van der Waals surface area contributed by atoms with Gasteiger partial charge >= 0.3 is 6.09 Å². The lowest BCUT2D eigenvalue weighted by atomic mass is 9.96. The SMILES string of the molecule is CC(C)(C)OC(=O)NCC1CCN(c2ccc3c(c2)OCCO3)CC1. The van der Waals surface area contributed by atoms with E-state index in [2.05, 4.69) is 22.3 Å². The predicted octanol–water partition coefficient (Wildman–Crippen LogP) is 3.20. The maximum atomic E-state index is 11.8. The molecule has 6 nitrogen and oxygen atoms in total. The third kappa shape index (κ3) is 4.94. The molecule has 2 aliphatic rings. The number of rotatable bonds is 3. The average Bonchev–Trinajstić information content (AvgIpc) is 2.58. The van der Waals surface area contributed by atoms with Crippen molar-refractivity contribution in [2.24, 2.45) is 5.92 Å². The number of amides is 1. The highest BCUT2D eigenvalue weighted by molar-refractivity contribution is 5.67. The van der Waals surface area contributed by atoms with Crippen molar-refractivity contribution in [3.8, 4) is 11.5 Å². The average molecular weight is 348 g/mol. The fraction of sp³-hybridized carbons (Fsp3) is 0.632. The van der Waals surface area contributed by atoms with Gasteiger partial charge in [0.05, 0.1) is 0 Å². The summed E-state index contributed by atoms with van der Waals surface area (Å²) in [6.45, 7) is 9.46. The number of hydrogen-bond donors (Lipinski definition) is 1. The fourth-order valence-electron chi connectivity index (χ4n) is 3.17. The van der Waals surface area contributed by atoms with Gasteiger partial charge < -0.3 is 24.4 Å². The van der Waals surface area contributed by atoms with Crippen LogP contribution in [0.2, 0.25) is 0 Å². The Morgan fingerprint density at radius 3 is 2.56 bits per heavy atom. The summed E-state index contributed by atoms with van der Waals surface area (Å²) >= 11 is 0. The lowest BCUT2D eigenvalue weighted by Crippen LogP contribution is -2.40. The first-order valence-corrected chi connectivity index (χ1v) is 9.02. The normalized spacial score (nSPS) is 18.0. The molecule has 0 bridgehead atoms. The molecule has 1 saturated heterocycles. The van der Waals surface area contributed by atoms with Crippen LogP contribution in [-0.2, 0) is 4.74 Å². The maximum Gasteiger partial charge on any atom is 0.407 e. The number of nitrogens with one attached hydrogen (secondary N) is 1. The maximum absolute atomic E-state index is 11.8. The minimum atomic E-state index is -0.453. The Morgan fingerprint density at radius 2 is 1.88 bits per heavy atom. The smallest absolute Gasteiger partial charge is 0.407 e. The molecule has 3 rings (SSSR count). The Hall–Kier alpha value is -2.11. The Balaban J connectivity index is 1.46. The molecule has 1 amide bonds. The van der Waals surface area contributed by atoms with Gasteiger partial charge in [0.2, 0.25) is 0 Å². The van der Waals surface area contributed by atoms with E-state index >= 15 is 0 Å². The molecule has 0 aromatic heterocycles. The molecular weight excluding hydrogens is 320 g/mol. The van der Waals surface area contributed by atoms with Gasteiger partial charge in [-0.3, -0.25) is 0 Å².